The van der Waals surface area contributed by atoms with Gasteiger partial charge in [-0.25, -0.2) is 0 Å². The van der Waals surface area contributed by atoms with Gasteiger partial charge in [0.1, 0.15) is 5.69 Å². The van der Waals surface area contributed by atoms with Crippen LogP contribution in [0.15, 0.2) is 18.3 Å². The van der Waals surface area contributed by atoms with E-state index in [4.69, 9.17) is 0 Å². The number of amides is 1. The summed E-state index contributed by atoms with van der Waals surface area (Å²) in [5.41, 5.74) is 1.90. The standard InChI is InChI=1S/C18H25N3O2/c1-12-14-10-16(20-15(14)4-7-19-12)17(22)21-8-5-13(6-9-21)11-18(2,3)23/h4,7,10,13,20,23H,5-6,8-9,11H2,1-3H3. The van der Waals surface area contributed by atoms with Gasteiger partial charge in [-0.05, 0) is 58.1 Å². The fourth-order valence-electron chi connectivity index (χ4n) is 3.53. The van der Waals surface area contributed by atoms with Gasteiger partial charge in [0.05, 0.1) is 5.60 Å². The summed E-state index contributed by atoms with van der Waals surface area (Å²) < 4.78 is 0. The van der Waals surface area contributed by atoms with Gasteiger partial charge in [-0.1, -0.05) is 0 Å². The number of pyridine rings is 1. The van der Waals surface area contributed by atoms with E-state index in [1.165, 1.54) is 0 Å². The summed E-state index contributed by atoms with van der Waals surface area (Å²) in [7, 11) is 0. The minimum absolute atomic E-state index is 0.0577. The number of carbonyl (C=O) groups is 1. The zero-order chi connectivity index (χ0) is 16.6. The van der Waals surface area contributed by atoms with E-state index in [9.17, 15) is 9.90 Å². The number of H-pyrrole nitrogens is 1. The molecule has 2 aromatic heterocycles. The Kier molecular flexibility index (Phi) is 4.15. The van der Waals surface area contributed by atoms with Crippen LogP contribution in [0.5, 0.6) is 0 Å². The number of hydrogen-bond donors (Lipinski definition) is 2. The Morgan fingerprint density at radius 2 is 2.13 bits per heavy atom. The number of nitrogens with zero attached hydrogens (tertiary/aromatic N) is 2. The molecule has 2 aromatic rings. The molecule has 2 N–H and O–H groups in total. The SMILES string of the molecule is Cc1nccc2[nH]c(C(=O)N3CCC(CC(C)(C)O)CC3)cc12. The molecule has 0 radical (unpaired) electrons. The van der Waals surface area contributed by atoms with Gasteiger partial charge in [-0.15, -0.1) is 0 Å². The van der Waals surface area contributed by atoms with Crippen LogP contribution >= 0.6 is 0 Å². The van der Waals surface area contributed by atoms with E-state index in [-0.39, 0.29) is 5.91 Å². The number of aryl methyl sites for hydroxylation is 1. The van der Waals surface area contributed by atoms with Crippen molar-refractivity contribution in [3.63, 3.8) is 0 Å². The molecule has 5 heteroatoms. The number of aromatic amines is 1. The van der Waals surface area contributed by atoms with Gasteiger partial charge in [-0.3, -0.25) is 9.78 Å². The Labute approximate surface area is 136 Å². The zero-order valence-corrected chi connectivity index (χ0v) is 14.1. The van der Waals surface area contributed by atoms with Crippen LogP contribution in [0.25, 0.3) is 10.9 Å². The molecular formula is C18H25N3O2. The third-order valence-electron chi connectivity index (χ3n) is 4.67. The van der Waals surface area contributed by atoms with Crippen LogP contribution in [0.3, 0.4) is 0 Å². The predicted molar refractivity (Wildman–Crippen MR) is 90.4 cm³/mol. The van der Waals surface area contributed by atoms with Crippen molar-refractivity contribution in [2.45, 2.75) is 45.6 Å². The van der Waals surface area contributed by atoms with Gasteiger partial charge in [-0.2, -0.15) is 0 Å². The lowest BCUT2D eigenvalue weighted by Crippen LogP contribution is -2.40. The number of nitrogens with one attached hydrogen (secondary N) is 1. The second-order valence-corrected chi connectivity index (χ2v) is 7.29. The molecule has 1 aliphatic rings. The van der Waals surface area contributed by atoms with Gasteiger partial charge in [0, 0.05) is 35.9 Å². The van der Waals surface area contributed by atoms with Gasteiger partial charge in [0.15, 0.2) is 0 Å². The van der Waals surface area contributed by atoms with Crippen molar-refractivity contribution in [2.24, 2.45) is 5.92 Å². The van der Waals surface area contributed by atoms with Crippen molar-refractivity contribution in [3.8, 4) is 0 Å². The van der Waals surface area contributed by atoms with E-state index in [1.807, 2.05) is 37.8 Å². The van der Waals surface area contributed by atoms with E-state index in [0.29, 0.717) is 11.6 Å². The highest BCUT2D eigenvalue weighted by Gasteiger charge is 2.28. The minimum atomic E-state index is -0.626. The Bertz CT molecular complexity index is 707. The first kappa shape index (κ1) is 16.0. The van der Waals surface area contributed by atoms with Crippen molar-refractivity contribution in [1.82, 2.24) is 14.9 Å². The molecule has 0 bridgehead atoms. The van der Waals surface area contributed by atoms with E-state index in [0.717, 1.165) is 48.9 Å². The molecule has 124 valence electrons. The quantitative estimate of drug-likeness (QED) is 0.915. The third kappa shape index (κ3) is 3.55. The number of aromatic nitrogens is 2. The molecule has 0 spiro atoms. The smallest absolute Gasteiger partial charge is 0.270 e. The largest absolute Gasteiger partial charge is 0.390 e. The van der Waals surface area contributed by atoms with Crippen molar-refractivity contribution in [1.29, 1.82) is 0 Å². The first-order chi connectivity index (χ1) is 10.8. The molecule has 3 heterocycles. The van der Waals surface area contributed by atoms with Gasteiger partial charge in [0.25, 0.3) is 5.91 Å². The number of hydrogen-bond acceptors (Lipinski definition) is 3. The first-order valence-electron chi connectivity index (χ1n) is 8.29. The molecule has 5 nitrogen and oxygen atoms in total. The lowest BCUT2D eigenvalue weighted by atomic mass is 9.86. The van der Waals surface area contributed by atoms with Crippen molar-refractivity contribution in [3.05, 3.63) is 29.7 Å². The Hall–Kier alpha value is -1.88. The maximum absolute atomic E-state index is 12.7. The second-order valence-electron chi connectivity index (χ2n) is 7.29. The maximum Gasteiger partial charge on any atom is 0.270 e. The molecule has 1 amide bonds. The molecule has 0 aliphatic carbocycles. The Morgan fingerprint density at radius 3 is 2.74 bits per heavy atom. The molecule has 1 saturated heterocycles. The van der Waals surface area contributed by atoms with Crippen molar-refractivity contribution < 1.29 is 9.90 Å². The summed E-state index contributed by atoms with van der Waals surface area (Å²) in [5, 5.41) is 10.9. The topological polar surface area (TPSA) is 69.2 Å². The summed E-state index contributed by atoms with van der Waals surface area (Å²) in [6, 6.07) is 3.80. The fourth-order valence-corrected chi connectivity index (χ4v) is 3.53. The summed E-state index contributed by atoms with van der Waals surface area (Å²) in [6.07, 6.45) is 4.46. The molecule has 1 fully saturated rings. The summed E-state index contributed by atoms with van der Waals surface area (Å²) in [4.78, 5) is 22.1. The number of rotatable bonds is 3. The highest BCUT2D eigenvalue weighted by Crippen LogP contribution is 2.27. The molecule has 3 rings (SSSR count). The molecule has 0 unspecified atom stereocenters. The minimum Gasteiger partial charge on any atom is -0.390 e. The van der Waals surface area contributed by atoms with E-state index in [2.05, 4.69) is 9.97 Å². The van der Waals surface area contributed by atoms with Gasteiger partial charge in [0.2, 0.25) is 0 Å². The van der Waals surface area contributed by atoms with Crippen LogP contribution in [0, 0.1) is 12.8 Å². The van der Waals surface area contributed by atoms with Crippen LogP contribution in [-0.4, -0.2) is 44.6 Å². The highest BCUT2D eigenvalue weighted by atomic mass is 16.3. The van der Waals surface area contributed by atoms with Crippen LogP contribution in [0.4, 0.5) is 0 Å². The van der Waals surface area contributed by atoms with Crippen LogP contribution in [-0.2, 0) is 0 Å². The van der Waals surface area contributed by atoms with Gasteiger partial charge >= 0.3 is 0 Å². The van der Waals surface area contributed by atoms with E-state index in [1.54, 1.807) is 6.20 Å². The average Bonchev–Trinajstić information content (AvgIpc) is 2.91. The number of likely N-dealkylation sites (tertiary alicyclic amines) is 1. The normalized spacial score (nSPS) is 17.0. The Morgan fingerprint density at radius 1 is 1.43 bits per heavy atom. The lowest BCUT2D eigenvalue weighted by Gasteiger charge is -2.34. The number of aliphatic hydroxyl groups is 1. The number of piperidine rings is 1. The fraction of sp³-hybridized carbons (Fsp3) is 0.556. The number of fused-ring (bicyclic) bond motifs is 1. The first-order valence-corrected chi connectivity index (χ1v) is 8.29. The maximum atomic E-state index is 12.7. The molecule has 23 heavy (non-hydrogen) atoms. The van der Waals surface area contributed by atoms with E-state index < -0.39 is 5.60 Å². The highest BCUT2D eigenvalue weighted by molar-refractivity contribution is 5.98. The van der Waals surface area contributed by atoms with Crippen molar-refractivity contribution in [2.75, 3.05) is 13.1 Å². The summed E-state index contributed by atoms with van der Waals surface area (Å²) >= 11 is 0. The molecule has 0 atom stereocenters. The molecule has 1 aliphatic heterocycles. The summed E-state index contributed by atoms with van der Waals surface area (Å²) in [6.45, 7) is 7.17. The molecule has 0 saturated carbocycles. The monoisotopic (exact) mass is 315 g/mol. The summed E-state index contributed by atoms with van der Waals surface area (Å²) in [5.74, 6) is 0.551. The Balaban J connectivity index is 1.68. The third-order valence-corrected chi connectivity index (χ3v) is 4.67. The van der Waals surface area contributed by atoms with Crippen LogP contribution in [0.2, 0.25) is 0 Å². The van der Waals surface area contributed by atoms with Crippen molar-refractivity contribution >= 4 is 16.8 Å². The zero-order valence-electron chi connectivity index (χ0n) is 14.1. The van der Waals surface area contributed by atoms with Crippen LogP contribution < -0.4 is 0 Å². The molecule has 0 aromatic carbocycles. The van der Waals surface area contributed by atoms with Crippen LogP contribution in [0.1, 0.15) is 49.3 Å². The lowest BCUT2D eigenvalue weighted by molar-refractivity contribution is 0.0357. The predicted octanol–water partition coefficient (Wildman–Crippen LogP) is 2.88. The van der Waals surface area contributed by atoms with Gasteiger partial charge < -0.3 is 15.0 Å². The molecular weight excluding hydrogens is 290 g/mol. The second kappa shape index (κ2) is 5.96. The van der Waals surface area contributed by atoms with E-state index >= 15 is 0 Å². The average molecular weight is 315 g/mol. The number of carbonyl (C=O) groups excluding carboxylic acids is 1.